The number of nitrogens with one attached hydrogen (secondary N) is 1. The number of anilines is 1. The van der Waals surface area contributed by atoms with Gasteiger partial charge < -0.3 is 4.90 Å². The van der Waals surface area contributed by atoms with Gasteiger partial charge in [-0.3, -0.25) is 4.79 Å². The second-order valence-electron chi connectivity index (χ2n) is 5.77. The Balaban J connectivity index is 2.14. The monoisotopic (exact) mass is 380 g/mol. The largest absolute Gasteiger partial charge is 0.311 e. The highest BCUT2D eigenvalue weighted by Crippen LogP contribution is 2.24. The van der Waals surface area contributed by atoms with E-state index in [1.54, 1.807) is 17.0 Å². The van der Waals surface area contributed by atoms with E-state index in [2.05, 4.69) is 4.72 Å². The highest BCUT2D eigenvalue weighted by molar-refractivity contribution is 7.89. The van der Waals surface area contributed by atoms with E-state index in [1.807, 2.05) is 32.0 Å². The standard InChI is InChI=1S/C18H21ClN2O3S/c1-13-6-4-7-14(2)18(13)21(15(3)22)11-10-20-25(23,24)17-9-5-8-16(19)12-17/h4-9,12,20H,10-11H2,1-3H3. The predicted molar refractivity (Wildman–Crippen MR) is 101 cm³/mol. The van der Waals surface area contributed by atoms with Crippen molar-refractivity contribution in [3.8, 4) is 0 Å². The van der Waals surface area contributed by atoms with E-state index in [1.165, 1.54) is 19.1 Å². The molecule has 0 bridgehead atoms. The molecule has 0 fully saturated rings. The summed E-state index contributed by atoms with van der Waals surface area (Å²) in [6.07, 6.45) is 0. The number of nitrogens with zero attached hydrogens (tertiary/aromatic N) is 1. The Bertz CT molecular complexity index is 861. The summed E-state index contributed by atoms with van der Waals surface area (Å²) in [5.41, 5.74) is 2.75. The third-order valence-electron chi connectivity index (χ3n) is 3.82. The molecule has 0 spiro atoms. The van der Waals surface area contributed by atoms with Crippen molar-refractivity contribution in [1.82, 2.24) is 4.72 Å². The molecule has 0 saturated heterocycles. The van der Waals surface area contributed by atoms with Crippen molar-refractivity contribution in [2.24, 2.45) is 0 Å². The number of hydrogen-bond acceptors (Lipinski definition) is 3. The highest BCUT2D eigenvalue weighted by Gasteiger charge is 2.18. The zero-order chi connectivity index (χ0) is 18.6. The molecule has 0 aliphatic carbocycles. The lowest BCUT2D eigenvalue weighted by Crippen LogP contribution is -2.38. The fraction of sp³-hybridized carbons (Fsp3) is 0.278. The van der Waals surface area contributed by atoms with Crippen LogP contribution in [0.25, 0.3) is 0 Å². The Morgan fingerprint density at radius 3 is 2.28 bits per heavy atom. The maximum atomic E-state index is 12.3. The second-order valence-corrected chi connectivity index (χ2v) is 7.97. The Morgan fingerprint density at radius 2 is 1.72 bits per heavy atom. The SMILES string of the molecule is CC(=O)N(CCNS(=O)(=O)c1cccc(Cl)c1)c1c(C)cccc1C. The summed E-state index contributed by atoms with van der Waals surface area (Å²) in [6.45, 7) is 5.66. The van der Waals surface area contributed by atoms with Gasteiger partial charge in [-0.2, -0.15) is 0 Å². The normalized spacial score (nSPS) is 11.4. The number of carbonyl (C=O) groups excluding carboxylic acids is 1. The zero-order valence-corrected chi connectivity index (χ0v) is 16.0. The molecule has 25 heavy (non-hydrogen) atoms. The van der Waals surface area contributed by atoms with Gasteiger partial charge in [0.05, 0.1) is 4.90 Å². The van der Waals surface area contributed by atoms with Gasteiger partial charge in [-0.25, -0.2) is 13.1 Å². The van der Waals surface area contributed by atoms with Gasteiger partial charge in [-0.15, -0.1) is 0 Å². The Labute approximate surface area is 153 Å². The number of hydrogen-bond donors (Lipinski definition) is 1. The van der Waals surface area contributed by atoms with Crippen molar-refractivity contribution in [3.05, 3.63) is 58.6 Å². The summed E-state index contributed by atoms with van der Waals surface area (Å²) >= 11 is 5.85. The molecule has 0 aromatic heterocycles. The first-order chi connectivity index (χ1) is 11.7. The summed E-state index contributed by atoms with van der Waals surface area (Å²) in [5.74, 6) is -0.139. The minimum Gasteiger partial charge on any atom is -0.311 e. The second kappa shape index (κ2) is 7.99. The van der Waals surface area contributed by atoms with Gasteiger partial charge in [0, 0.05) is 30.7 Å². The third-order valence-corrected chi connectivity index (χ3v) is 5.52. The maximum Gasteiger partial charge on any atom is 0.240 e. The summed E-state index contributed by atoms with van der Waals surface area (Å²) in [6, 6.07) is 11.8. The van der Waals surface area contributed by atoms with Gasteiger partial charge in [0.25, 0.3) is 0 Å². The van der Waals surface area contributed by atoms with Crippen LogP contribution in [0.15, 0.2) is 47.4 Å². The van der Waals surface area contributed by atoms with E-state index in [-0.39, 0.29) is 23.9 Å². The molecule has 0 radical (unpaired) electrons. The first kappa shape index (κ1) is 19.4. The van der Waals surface area contributed by atoms with E-state index in [4.69, 9.17) is 11.6 Å². The number of halogens is 1. The van der Waals surface area contributed by atoms with Gasteiger partial charge in [-0.05, 0) is 43.2 Å². The number of rotatable bonds is 6. The van der Waals surface area contributed by atoms with Crippen LogP contribution in [0.2, 0.25) is 5.02 Å². The van der Waals surface area contributed by atoms with Crippen molar-refractivity contribution in [1.29, 1.82) is 0 Å². The number of carbonyl (C=O) groups is 1. The molecular weight excluding hydrogens is 360 g/mol. The Kier molecular flexibility index (Phi) is 6.21. The first-order valence-corrected chi connectivity index (χ1v) is 9.68. The van der Waals surface area contributed by atoms with Crippen molar-refractivity contribution in [2.45, 2.75) is 25.7 Å². The molecule has 134 valence electrons. The van der Waals surface area contributed by atoms with E-state index in [9.17, 15) is 13.2 Å². The minimum absolute atomic E-state index is 0.0986. The Hall–Kier alpha value is -1.89. The molecule has 0 aliphatic rings. The topological polar surface area (TPSA) is 66.5 Å². The van der Waals surface area contributed by atoms with Gasteiger partial charge in [-0.1, -0.05) is 35.9 Å². The van der Waals surface area contributed by atoms with Gasteiger partial charge >= 0.3 is 0 Å². The van der Waals surface area contributed by atoms with Crippen LogP contribution >= 0.6 is 11.6 Å². The molecule has 0 heterocycles. The molecule has 5 nitrogen and oxygen atoms in total. The van der Waals surface area contributed by atoms with Crippen molar-refractivity contribution in [3.63, 3.8) is 0 Å². The average molecular weight is 381 g/mol. The predicted octanol–water partition coefficient (Wildman–Crippen LogP) is 3.29. The summed E-state index contributed by atoms with van der Waals surface area (Å²) in [7, 11) is -3.68. The highest BCUT2D eigenvalue weighted by atomic mass is 35.5. The minimum atomic E-state index is -3.68. The van der Waals surface area contributed by atoms with Crippen LogP contribution in [-0.2, 0) is 14.8 Å². The van der Waals surface area contributed by atoms with Gasteiger partial charge in [0.15, 0.2) is 0 Å². The number of para-hydroxylation sites is 1. The molecule has 1 N–H and O–H groups in total. The third kappa shape index (κ3) is 4.81. The lowest BCUT2D eigenvalue weighted by Gasteiger charge is -2.25. The van der Waals surface area contributed by atoms with Crippen molar-refractivity contribution >= 4 is 33.2 Å². The molecule has 0 atom stereocenters. The smallest absolute Gasteiger partial charge is 0.240 e. The molecule has 0 saturated carbocycles. The van der Waals surface area contributed by atoms with Crippen LogP contribution in [-0.4, -0.2) is 27.4 Å². The summed E-state index contributed by atoms with van der Waals surface area (Å²) in [4.78, 5) is 13.7. The Morgan fingerprint density at radius 1 is 1.12 bits per heavy atom. The number of aryl methyl sites for hydroxylation is 2. The molecule has 2 aromatic rings. The van der Waals surface area contributed by atoms with Crippen LogP contribution < -0.4 is 9.62 Å². The number of sulfonamides is 1. The summed E-state index contributed by atoms with van der Waals surface area (Å²) < 4.78 is 27.2. The molecule has 7 heteroatoms. The number of benzene rings is 2. The quantitative estimate of drug-likeness (QED) is 0.836. The number of amides is 1. The fourth-order valence-corrected chi connectivity index (χ4v) is 3.99. The molecule has 2 rings (SSSR count). The van der Waals surface area contributed by atoms with Crippen LogP contribution in [0, 0.1) is 13.8 Å². The van der Waals surface area contributed by atoms with E-state index in [0.717, 1.165) is 16.8 Å². The van der Waals surface area contributed by atoms with Crippen LogP contribution in [0.3, 0.4) is 0 Å². The fourth-order valence-electron chi connectivity index (χ4n) is 2.67. The zero-order valence-electron chi connectivity index (χ0n) is 14.4. The first-order valence-electron chi connectivity index (χ1n) is 7.82. The molecule has 2 aromatic carbocycles. The van der Waals surface area contributed by atoms with Crippen molar-refractivity contribution in [2.75, 3.05) is 18.0 Å². The molecule has 0 unspecified atom stereocenters. The van der Waals surface area contributed by atoms with E-state index >= 15 is 0 Å². The molecule has 1 amide bonds. The summed E-state index contributed by atoms with van der Waals surface area (Å²) in [5, 5.41) is 0.351. The lowest BCUT2D eigenvalue weighted by molar-refractivity contribution is -0.116. The van der Waals surface area contributed by atoms with Crippen molar-refractivity contribution < 1.29 is 13.2 Å². The average Bonchev–Trinajstić information content (AvgIpc) is 2.53. The van der Waals surface area contributed by atoms with Gasteiger partial charge in [0.1, 0.15) is 0 Å². The molecule has 0 aliphatic heterocycles. The maximum absolute atomic E-state index is 12.3. The van der Waals surface area contributed by atoms with E-state index < -0.39 is 10.0 Å². The van der Waals surface area contributed by atoms with Crippen LogP contribution in [0.5, 0.6) is 0 Å². The van der Waals surface area contributed by atoms with Crippen LogP contribution in [0.4, 0.5) is 5.69 Å². The van der Waals surface area contributed by atoms with Gasteiger partial charge in [0.2, 0.25) is 15.9 Å². The molecular formula is C18H21ClN2O3S. The van der Waals surface area contributed by atoms with E-state index in [0.29, 0.717) is 5.02 Å². The van der Waals surface area contributed by atoms with Crippen LogP contribution in [0.1, 0.15) is 18.1 Å². The lowest BCUT2D eigenvalue weighted by atomic mass is 10.1.